The molecule has 26 heavy (non-hydrogen) atoms. The highest BCUT2D eigenvalue weighted by Crippen LogP contribution is 2.16. The van der Waals surface area contributed by atoms with E-state index in [9.17, 15) is 4.39 Å². The third kappa shape index (κ3) is 4.49. The highest BCUT2D eigenvalue weighted by Gasteiger charge is 2.06. The van der Waals surface area contributed by atoms with Crippen LogP contribution in [-0.4, -0.2) is 14.9 Å². The fourth-order valence-electron chi connectivity index (χ4n) is 2.58. The van der Waals surface area contributed by atoms with Crippen molar-refractivity contribution in [2.45, 2.75) is 32.9 Å². The van der Waals surface area contributed by atoms with Crippen LogP contribution in [0.3, 0.4) is 0 Å². The Balaban J connectivity index is 1.64. The molecule has 1 heterocycles. The Labute approximate surface area is 156 Å². The van der Waals surface area contributed by atoms with Gasteiger partial charge in [-0.05, 0) is 42.4 Å². The third-order valence-corrected chi connectivity index (χ3v) is 4.18. The molecule has 0 unspecified atom stereocenters. The number of H-pyrrole nitrogens is 1. The van der Waals surface area contributed by atoms with Gasteiger partial charge in [-0.25, -0.2) is 9.07 Å². The normalized spacial score (nSPS) is 10.7. The van der Waals surface area contributed by atoms with Crippen molar-refractivity contribution >= 4 is 12.2 Å². The molecular formula is C19H21FN4OS. The van der Waals surface area contributed by atoms with E-state index < -0.39 is 0 Å². The lowest BCUT2D eigenvalue weighted by atomic mass is 10.2. The van der Waals surface area contributed by atoms with Crippen LogP contribution in [0.5, 0.6) is 5.75 Å². The Morgan fingerprint density at radius 2 is 2.08 bits per heavy atom. The van der Waals surface area contributed by atoms with E-state index in [2.05, 4.69) is 22.5 Å². The minimum Gasteiger partial charge on any atom is -0.489 e. The van der Waals surface area contributed by atoms with Crippen LogP contribution in [0, 0.1) is 10.6 Å². The van der Waals surface area contributed by atoms with E-state index in [0.29, 0.717) is 22.6 Å². The van der Waals surface area contributed by atoms with Gasteiger partial charge in [0, 0.05) is 12.0 Å². The monoisotopic (exact) mass is 372 g/mol. The van der Waals surface area contributed by atoms with Gasteiger partial charge in [0.1, 0.15) is 18.2 Å². The highest BCUT2D eigenvalue weighted by molar-refractivity contribution is 7.71. The van der Waals surface area contributed by atoms with Gasteiger partial charge >= 0.3 is 0 Å². The molecule has 3 aromatic rings. The fourth-order valence-corrected chi connectivity index (χ4v) is 2.79. The molecule has 0 saturated carbocycles. The van der Waals surface area contributed by atoms with E-state index in [1.807, 2.05) is 24.3 Å². The summed E-state index contributed by atoms with van der Waals surface area (Å²) in [4.78, 5) is 0. The van der Waals surface area contributed by atoms with Gasteiger partial charge in [-0.15, -0.1) is 0 Å². The van der Waals surface area contributed by atoms with Gasteiger partial charge in [-0.2, -0.15) is 5.10 Å². The molecule has 0 aliphatic carbocycles. The number of nitrogens with zero attached hydrogens (tertiary/aromatic N) is 2. The first-order chi connectivity index (χ1) is 12.7. The van der Waals surface area contributed by atoms with Crippen LogP contribution in [0.4, 0.5) is 4.39 Å². The summed E-state index contributed by atoms with van der Waals surface area (Å²) in [7, 11) is 0. The zero-order chi connectivity index (χ0) is 18.4. The fraction of sp³-hybridized carbons (Fsp3) is 0.263. The van der Waals surface area contributed by atoms with Crippen LogP contribution < -0.4 is 10.2 Å². The molecule has 0 fully saturated rings. The van der Waals surface area contributed by atoms with Crippen LogP contribution in [-0.2, 0) is 19.6 Å². The summed E-state index contributed by atoms with van der Waals surface area (Å²) in [5.74, 6) is 1.31. The maximum Gasteiger partial charge on any atom is 0.214 e. The van der Waals surface area contributed by atoms with E-state index in [0.717, 1.165) is 24.2 Å². The number of aryl methyl sites for hydroxylation is 1. The molecule has 0 aliphatic heterocycles. The summed E-state index contributed by atoms with van der Waals surface area (Å²) in [5.41, 5.74) is 4.84. The van der Waals surface area contributed by atoms with Crippen molar-refractivity contribution in [2.24, 2.45) is 0 Å². The molecule has 0 aliphatic rings. The lowest BCUT2D eigenvalue weighted by Gasteiger charge is -2.11. The van der Waals surface area contributed by atoms with Gasteiger partial charge < -0.3 is 10.2 Å². The zero-order valence-electron chi connectivity index (χ0n) is 14.5. The molecule has 0 bridgehead atoms. The average molecular weight is 372 g/mol. The molecule has 0 amide bonds. The van der Waals surface area contributed by atoms with Crippen LogP contribution in [0.1, 0.15) is 30.3 Å². The lowest BCUT2D eigenvalue weighted by Crippen LogP contribution is -2.17. The molecule has 0 radical (unpaired) electrons. The maximum absolute atomic E-state index is 13.7. The van der Waals surface area contributed by atoms with E-state index >= 15 is 0 Å². The molecule has 2 aromatic carbocycles. The van der Waals surface area contributed by atoms with E-state index in [4.69, 9.17) is 17.0 Å². The maximum atomic E-state index is 13.7. The highest BCUT2D eigenvalue weighted by atomic mass is 32.1. The number of hydrogen-bond acceptors (Lipinski definition) is 4. The van der Waals surface area contributed by atoms with Crippen molar-refractivity contribution in [1.82, 2.24) is 14.9 Å². The first-order valence-corrected chi connectivity index (χ1v) is 8.93. The quantitative estimate of drug-likeness (QED) is 0.577. The molecule has 5 nitrogen and oxygen atoms in total. The standard InChI is InChI=1S/C19H21FN4OS/c1-2-6-18-22-23-19(26)24(18)21-12-14-7-5-9-16(11-14)25-13-15-8-3-4-10-17(15)20/h3-5,7-11,21H,2,6,12-13H2,1H3,(H,23,26). The van der Waals surface area contributed by atoms with Gasteiger partial charge in [-0.3, -0.25) is 5.10 Å². The minimum atomic E-state index is -0.261. The van der Waals surface area contributed by atoms with Gasteiger partial charge in [-0.1, -0.05) is 37.3 Å². The van der Waals surface area contributed by atoms with Crippen molar-refractivity contribution in [2.75, 3.05) is 5.43 Å². The first kappa shape index (κ1) is 18.1. The third-order valence-electron chi connectivity index (χ3n) is 3.91. The zero-order valence-corrected chi connectivity index (χ0v) is 15.4. The average Bonchev–Trinajstić information content (AvgIpc) is 3.00. The number of nitrogens with one attached hydrogen (secondary N) is 2. The SMILES string of the molecule is CCCc1n[nH]c(=S)n1NCc1cccc(OCc2ccccc2F)c1. The number of halogens is 1. The number of aromatic amines is 1. The smallest absolute Gasteiger partial charge is 0.214 e. The second kappa shape index (κ2) is 8.62. The number of aromatic nitrogens is 3. The Hall–Kier alpha value is -2.67. The Morgan fingerprint density at radius 1 is 1.23 bits per heavy atom. The summed E-state index contributed by atoms with van der Waals surface area (Å²) in [6, 6.07) is 14.3. The van der Waals surface area contributed by atoms with Crippen molar-refractivity contribution in [3.05, 3.63) is 76.1 Å². The largest absolute Gasteiger partial charge is 0.489 e. The second-order valence-electron chi connectivity index (χ2n) is 5.89. The molecule has 0 atom stereocenters. The molecular weight excluding hydrogens is 351 g/mol. The van der Waals surface area contributed by atoms with Crippen molar-refractivity contribution < 1.29 is 9.13 Å². The summed E-state index contributed by atoms with van der Waals surface area (Å²) < 4.78 is 21.7. The number of ether oxygens (including phenoxy) is 1. The first-order valence-electron chi connectivity index (χ1n) is 8.52. The van der Waals surface area contributed by atoms with E-state index in [-0.39, 0.29) is 12.4 Å². The molecule has 0 saturated heterocycles. The summed E-state index contributed by atoms with van der Waals surface area (Å²) in [6.45, 7) is 2.86. The molecule has 3 rings (SSSR count). The predicted molar refractivity (Wildman–Crippen MR) is 102 cm³/mol. The number of hydrogen-bond donors (Lipinski definition) is 2. The number of rotatable bonds is 8. The predicted octanol–water partition coefficient (Wildman–Crippen LogP) is 4.35. The molecule has 7 heteroatoms. The second-order valence-corrected chi connectivity index (χ2v) is 6.28. The lowest BCUT2D eigenvalue weighted by molar-refractivity contribution is 0.299. The van der Waals surface area contributed by atoms with Crippen molar-refractivity contribution in [1.29, 1.82) is 0 Å². The molecule has 2 N–H and O–H groups in total. The Morgan fingerprint density at radius 3 is 2.88 bits per heavy atom. The van der Waals surface area contributed by atoms with E-state index in [1.54, 1.807) is 22.9 Å². The van der Waals surface area contributed by atoms with Crippen molar-refractivity contribution in [3.63, 3.8) is 0 Å². The van der Waals surface area contributed by atoms with Gasteiger partial charge in [0.2, 0.25) is 4.77 Å². The Bertz CT molecular complexity index is 922. The topological polar surface area (TPSA) is 54.9 Å². The van der Waals surface area contributed by atoms with Gasteiger partial charge in [0.25, 0.3) is 0 Å². The van der Waals surface area contributed by atoms with E-state index in [1.165, 1.54) is 6.07 Å². The molecule has 0 spiro atoms. The van der Waals surface area contributed by atoms with Crippen LogP contribution in [0.15, 0.2) is 48.5 Å². The summed E-state index contributed by atoms with van der Waals surface area (Å²) in [5, 5.41) is 7.04. The van der Waals surface area contributed by atoms with Crippen LogP contribution >= 0.6 is 12.2 Å². The number of benzene rings is 2. The van der Waals surface area contributed by atoms with Gasteiger partial charge in [0.05, 0.1) is 6.54 Å². The van der Waals surface area contributed by atoms with Crippen molar-refractivity contribution in [3.8, 4) is 5.75 Å². The Kier molecular flexibility index (Phi) is 6.01. The molecule has 1 aromatic heterocycles. The molecule has 136 valence electrons. The summed E-state index contributed by atoms with van der Waals surface area (Å²) >= 11 is 5.26. The summed E-state index contributed by atoms with van der Waals surface area (Å²) in [6.07, 6.45) is 1.83. The van der Waals surface area contributed by atoms with Gasteiger partial charge in [0.15, 0.2) is 5.82 Å². The van der Waals surface area contributed by atoms with Crippen LogP contribution in [0.2, 0.25) is 0 Å². The van der Waals surface area contributed by atoms with Crippen LogP contribution in [0.25, 0.3) is 0 Å². The minimum absolute atomic E-state index is 0.191.